The summed E-state index contributed by atoms with van der Waals surface area (Å²) in [5, 5.41) is 4.47. The molecule has 0 N–H and O–H groups in total. The number of carbonyl (C=O) groups is 1. The topological polar surface area (TPSA) is 86.3 Å². The standard InChI is InChI=1S/C22H31N5O3/c28-19(4-10-26-11-8-23-16-26)27-9-1-7-22(15-27,14-17-2-3-17)21-24-20(30-25-21)18-5-12-29-13-6-18/h8,11,16-18H,1-7,9-10,12-15H2. The first-order chi connectivity index (χ1) is 14.7. The number of aromatic nitrogens is 4. The van der Waals surface area contributed by atoms with Crippen molar-refractivity contribution >= 4 is 5.91 Å². The number of amides is 1. The number of rotatable bonds is 7. The first kappa shape index (κ1) is 19.7. The lowest BCUT2D eigenvalue weighted by atomic mass is 9.74. The maximum Gasteiger partial charge on any atom is 0.229 e. The number of hydrogen-bond acceptors (Lipinski definition) is 6. The molecular formula is C22H31N5O3. The van der Waals surface area contributed by atoms with Crippen molar-refractivity contribution in [2.45, 2.75) is 69.2 Å². The lowest BCUT2D eigenvalue weighted by Crippen LogP contribution is -2.49. The van der Waals surface area contributed by atoms with Crippen molar-refractivity contribution in [3.63, 3.8) is 0 Å². The number of imidazole rings is 1. The van der Waals surface area contributed by atoms with Crippen LogP contribution >= 0.6 is 0 Å². The van der Waals surface area contributed by atoms with Gasteiger partial charge < -0.3 is 18.7 Å². The van der Waals surface area contributed by atoms with Crippen molar-refractivity contribution in [3.05, 3.63) is 30.4 Å². The highest BCUT2D eigenvalue weighted by atomic mass is 16.5. The minimum Gasteiger partial charge on any atom is -0.381 e. The van der Waals surface area contributed by atoms with Crippen LogP contribution in [-0.4, -0.2) is 56.8 Å². The smallest absolute Gasteiger partial charge is 0.229 e. The first-order valence-corrected chi connectivity index (χ1v) is 11.4. The molecule has 2 aliphatic heterocycles. The Kier molecular flexibility index (Phi) is 5.58. The van der Waals surface area contributed by atoms with Crippen LogP contribution in [0.3, 0.4) is 0 Å². The predicted octanol–water partition coefficient (Wildman–Crippen LogP) is 2.91. The summed E-state index contributed by atoms with van der Waals surface area (Å²) in [6.07, 6.45) is 13.4. The fourth-order valence-corrected chi connectivity index (χ4v) is 5.02. The van der Waals surface area contributed by atoms with Crippen LogP contribution in [0.4, 0.5) is 0 Å². The summed E-state index contributed by atoms with van der Waals surface area (Å²) in [4.78, 5) is 24.0. The maximum atomic E-state index is 13.0. The van der Waals surface area contributed by atoms with Crippen LogP contribution in [0.5, 0.6) is 0 Å². The van der Waals surface area contributed by atoms with E-state index in [1.807, 2.05) is 15.7 Å². The van der Waals surface area contributed by atoms with Gasteiger partial charge in [-0.2, -0.15) is 4.98 Å². The van der Waals surface area contributed by atoms with Gasteiger partial charge in [0.25, 0.3) is 0 Å². The molecule has 2 saturated heterocycles. The van der Waals surface area contributed by atoms with Crippen molar-refractivity contribution in [3.8, 4) is 0 Å². The second-order valence-electron chi connectivity index (χ2n) is 9.24. The van der Waals surface area contributed by atoms with Gasteiger partial charge in [-0.3, -0.25) is 4.79 Å². The van der Waals surface area contributed by atoms with Gasteiger partial charge in [-0.25, -0.2) is 4.98 Å². The van der Waals surface area contributed by atoms with Crippen LogP contribution in [0, 0.1) is 5.92 Å². The van der Waals surface area contributed by atoms with E-state index in [0.29, 0.717) is 25.4 Å². The molecular weight excluding hydrogens is 382 g/mol. The zero-order chi connectivity index (χ0) is 20.4. The van der Waals surface area contributed by atoms with E-state index < -0.39 is 0 Å². The van der Waals surface area contributed by atoms with E-state index in [1.165, 1.54) is 12.8 Å². The predicted molar refractivity (Wildman–Crippen MR) is 109 cm³/mol. The third kappa shape index (κ3) is 4.29. The number of carbonyl (C=O) groups excluding carboxylic acids is 1. The van der Waals surface area contributed by atoms with Crippen LogP contribution in [0.1, 0.15) is 69.0 Å². The molecule has 2 aromatic rings. The molecule has 2 aromatic heterocycles. The van der Waals surface area contributed by atoms with Gasteiger partial charge in [0.1, 0.15) is 0 Å². The van der Waals surface area contributed by atoms with E-state index >= 15 is 0 Å². The van der Waals surface area contributed by atoms with Crippen molar-refractivity contribution < 1.29 is 14.1 Å². The maximum absolute atomic E-state index is 13.0. The molecule has 0 radical (unpaired) electrons. The molecule has 0 spiro atoms. The van der Waals surface area contributed by atoms with E-state index in [0.717, 1.165) is 69.5 Å². The summed E-state index contributed by atoms with van der Waals surface area (Å²) in [5.41, 5.74) is -0.170. The van der Waals surface area contributed by atoms with Crippen molar-refractivity contribution in [2.24, 2.45) is 5.92 Å². The average molecular weight is 414 g/mol. The molecule has 8 nitrogen and oxygen atoms in total. The second-order valence-corrected chi connectivity index (χ2v) is 9.24. The molecule has 162 valence electrons. The molecule has 1 atom stereocenters. The first-order valence-electron chi connectivity index (χ1n) is 11.4. The monoisotopic (exact) mass is 413 g/mol. The Bertz CT molecular complexity index is 841. The second kappa shape index (κ2) is 8.49. The molecule has 8 heteroatoms. The summed E-state index contributed by atoms with van der Waals surface area (Å²) in [7, 11) is 0. The Hall–Kier alpha value is -2.22. The molecule has 5 rings (SSSR count). The minimum atomic E-state index is -0.170. The number of likely N-dealkylation sites (tertiary alicyclic amines) is 1. The van der Waals surface area contributed by atoms with Gasteiger partial charge >= 0.3 is 0 Å². The summed E-state index contributed by atoms with van der Waals surface area (Å²) in [6.45, 7) is 3.71. The Morgan fingerprint density at radius 1 is 1.23 bits per heavy atom. The molecule has 0 aromatic carbocycles. The normalized spacial score (nSPS) is 25.5. The SMILES string of the molecule is O=C(CCn1ccnc1)N1CCCC(CC2CC2)(c2noc(C3CCOCC3)n2)C1. The van der Waals surface area contributed by atoms with E-state index in [-0.39, 0.29) is 11.3 Å². The van der Waals surface area contributed by atoms with Crippen LogP contribution in [0.25, 0.3) is 0 Å². The van der Waals surface area contributed by atoms with Gasteiger partial charge in [0, 0.05) is 57.6 Å². The molecule has 4 heterocycles. The molecule has 1 aliphatic carbocycles. The van der Waals surface area contributed by atoms with Crippen LogP contribution in [-0.2, 0) is 21.5 Å². The quantitative estimate of drug-likeness (QED) is 0.694. The Balaban J connectivity index is 1.31. The highest BCUT2D eigenvalue weighted by Gasteiger charge is 2.46. The minimum absolute atomic E-state index is 0.170. The highest BCUT2D eigenvalue weighted by Crippen LogP contribution is 2.46. The van der Waals surface area contributed by atoms with Gasteiger partial charge in [0.2, 0.25) is 11.8 Å². The fourth-order valence-electron chi connectivity index (χ4n) is 5.02. The molecule has 1 amide bonds. The molecule has 0 bridgehead atoms. The van der Waals surface area contributed by atoms with Gasteiger partial charge in [0.15, 0.2) is 5.82 Å². The van der Waals surface area contributed by atoms with Gasteiger partial charge in [-0.1, -0.05) is 18.0 Å². The summed E-state index contributed by atoms with van der Waals surface area (Å²) in [6, 6.07) is 0. The van der Waals surface area contributed by atoms with Gasteiger partial charge in [0.05, 0.1) is 11.7 Å². The van der Waals surface area contributed by atoms with Crippen LogP contribution in [0.2, 0.25) is 0 Å². The zero-order valence-corrected chi connectivity index (χ0v) is 17.5. The van der Waals surface area contributed by atoms with Gasteiger partial charge in [-0.05, 0) is 38.0 Å². The largest absolute Gasteiger partial charge is 0.381 e. The Morgan fingerprint density at radius 2 is 2.10 bits per heavy atom. The number of nitrogens with zero attached hydrogens (tertiary/aromatic N) is 5. The third-order valence-electron chi connectivity index (χ3n) is 6.94. The lowest BCUT2D eigenvalue weighted by molar-refractivity contribution is -0.134. The molecule has 3 fully saturated rings. The van der Waals surface area contributed by atoms with E-state index in [2.05, 4.69) is 10.1 Å². The fraction of sp³-hybridized carbons (Fsp3) is 0.727. The number of hydrogen-bond donors (Lipinski definition) is 0. The van der Waals surface area contributed by atoms with Crippen molar-refractivity contribution in [1.29, 1.82) is 0 Å². The average Bonchev–Trinajstić information content (AvgIpc) is 3.23. The van der Waals surface area contributed by atoms with Crippen molar-refractivity contribution in [1.82, 2.24) is 24.6 Å². The zero-order valence-electron chi connectivity index (χ0n) is 17.5. The van der Waals surface area contributed by atoms with Crippen LogP contribution < -0.4 is 0 Å². The lowest BCUT2D eigenvalue weighted by Gasteiger charge is -2.41. The number of aryl methyl sites for hydroxylation is 1. The van der Waals surface area contributed by atoms with Crippen LogP contribution in [0.15, 0.2) is 23.2 Å². The summed E-state index contributed by atoms with van der Waals surface area (Å²) >= 11 is 0. The van der Waals surface area contributed by atoms with E-state index in [1.54, 1.807) is 12.5 Å². The molecule has 1 unspecified atom stereocenters. The van der Waals surface area contributed by atoms with E-state index in [9.17, 15) is 4.79 Å². The summed E-state index contributed by atoms with van der Waals surface area (Å²) in [5.74, 6) is 2.82. The Labute approximate surface area is 177 Å². The number of ether oxygens (including phenoxy) is 1. The highest BCUT2D eigenvalue weighted by molar-refractivity contribution is 5.76. The number of piperidine rings is 1. The van der Waals surface area contributed by atoms with Gasteiger partial charge in [-0.15, -0.1) is 0 Å². The summed E-state index contributed by atoms with van der Waals surface area (Å²) < 4.78 is 13.2. The molecule has 3 aliphatic rings. The Morgan fingerprint density at radius 3 is 2.87 bits per heavy atom. The van der Waals surface area contributed by atoms with Crippen molar-refractivity contribution in [2.75, 3.05) is 26.3 Å². The molecule has 30 heavy (non-hydrogen) atoms. The van der Waals surface area contributed by atoms with E-state index in [4.69, 9.17) is 14.2 Å². The third-order valence-corrected chi connectivity index (χ3v) is 6.94. The molecule has 1 saturated carbocycles.